The molecule has 0 aliphatic heterocycles. The van der Waals surface area contributed by atoms with Gasteiger partial charge in [-0.15, -0.1) is 0 Å². The Labute approximate surface area is 104 Å². The Balaban J connectivity index is 2.35. The minimum Gasteiger partial charge on any atom is -0.390 e. The van der Waals surface area contributed by atoms with E-state index < -0.39 is 0 Å². The fourth-order valence-corrected chi connectivity index (χ4v) is 1.90. The number of rotatable bonds is 6. The van der Waals surface area contributed by atoms with Gasteiger partial charge in [-0.3, -0.25) is 0 Å². The van der Waals surface area contributed by atoms with Gasteiger partial charge in [0.2, 0.25) is 0 Å². The Hall–Kier alpha value is -0.900. The molecule has 96 valence electrons. The van der Waals surface area contributed by atoms with E-state index >= 15 is 0 Å². The van der Waals surface area contributed by atoms with Crippen LogP contribution in [0.15, 0.2) is 18.2 Å². The number of benzene rings is 1. The zero-order chi connectivity index (χ0) is 12.8. The Morgan fingerprint density at radius 1 is 1.29 bits per heavy atom. The molecule has 0 bridgehead atoms. The predicted octanol–water partition coefficient (Wildman–Crippen LogP) is 1.32. The summed E-state index contributed by atoms with van der Waals surface area (Å²) in [6.45, 7) is 6.37. The summed E-state index contributed by atoms with van der Waals surface area (Å²) in [5, 5.41) is 13.0. The van der Waals surface area contributed by atoms with E-state index in [0.717, 1.165) is 6.54 Å². The average molecular weight is 236 g/mol. The second-order valence-electron chi connectivity index (χ2n) is 4.98. The summed E-state index contributed by atoms with van der Waals surface area (Å²) in [4.78, 5) is 1.99. The van der Waals surface area contributed by atoms with Crippen molar-refractivity contribution in [3.63, 3.8) is 0 Å². The van der Waals surface area contributed by atoms with Gasteiger partial charge in [0.15, 0.2) is 0 Å². The molecule has 0 spiro atoms. The first-order valence-corrected chi connectivity index (χ1v) is 6.08. The molecule has 3 nitrogen and oxygen atoms in total. The van der Waals surface area contributed by atoms with Gasteiger partial charge < -0.3 is 15.3 Å². The van der Waals surface area contributed by atoms with Gasteiger partial charge in [0, 0.05) is 19.6 Å². The van der Waals surface area contributed by atoms with Gasteiger partial charge >= 0.3 is 0 Å². The van der Waals surface area contributed by atoms with E-state index in [9.17, 15) is 5.11 Å². The standard InChI is InChI=1S/C14H24N2O/c1-11-5-6-13(12(2)7-11)8-15-9-14(17)10-16(3)4/h5-7,14-15,17H,8-10H2,1-4H3. The van der Waals surface area contributed by atoms with Crippen LogP contribution in [0.25, 0.3) is 0 Å². The van der Waals surface area contributed by atoms with Gasteiger partial charge in [0.05, 0.1) is 6.10 Å². The topological polar surface area (TPSA) is 35.5 Å². The van der Waals surface area contributed by atoms with Crippen molar-refractivity contribution < 1.29 is 5.11 Å². The van der Waals surface area contributed by atoms with Crippen molar-refractivity contribution in [2.24, 2.45) is 0 Å². The van der Waals surface area contributed by atoms with Crippen molar-refractivity contribution in [1.29, 1.82) is 0 Å². The molecule has 0 aliphatic rings. The van der Waals surface area contributed by atoms with E-state index in [0.29, 0.717) is 13.1 Å². The van der Waals surface area contributed by atoms with Crippen LogP contribution in [0, 0.1) is 13.8 Å². The lowest BCUT2D eigenvalue weighted by Crippen LogP contribution is -2.34. The number of aryl methyl sites for hydroxylation is 2. The minimum atomic E-state index is -0.309. The maximum atomic E-state index is 9.71. The molecule has 3 heteroatoms. The highest BCUT2D eigenvalue weighted by atomic mass is 16.3. The normalized spacial score (nSPS) is 13.1. The van der Waals surface area contributed by atoms with E-state index in [-0.39, 0.29) is 6.10 Å². The number of hydrogen-bond donors (Lipinski definition) is 2. The van der Waals surface area contributed by atoms with Crippen LogP contribution in [0.1, 0.15) is 16.7 Å². The molecule has 0 aromatic heterocycles. The first kappa shape index (κ1) is 14.2. The third-order valence-corrected chi connectivity index (χ3v) is 2.77. The highest BCUT2D eigenvalue weighted by Crippen LogP contribution is 2.09. The summed E-state index contributed by atoms with van der Waals surface area (Å²) in [5.74, 6) is 0. The number of nitrogens with one attached hydrogen (secondary N) is 1. The van der Waals surface area contributed by atoms with Gasteiger partial charge in [-0.2, -0.15) is 0 Å². The molecule has 0 radical (unpaired) electrons. The number of aliphatic hydroxyl groups is 1. The van der Waals surface area contributed by atoms with Crippen LogP contribution in [0.3, 0.4) is 0 Å². The second kappa shape index (κ2) is 6.74. The fraction of sp³-hybridized carbons (Fsp3) is 0.571. The Kier molecular flexibility index (Phi) is 5.62. The van der Waals surface area contributed by atoms with Crippen LogP contribution in [0.4, 0.5) is 0 Å². The van der Waals surface area contributed by atoms with Crippen molar-refractivity contribution in [2.75, 3.05) is 27.2 Å². The van der Waals surface area contributed by atoms with E-state index in [1.54, 1.807) is 0 Å². The van der Waals surface area contributed by atoms with Crippen molar-refractivity contribution >= 4 is 0 Å². The van der Waals surface area contributed by atoms with Crippen LogP contribution in [0.2, 0.25) is 0 Å². The van der Waals surface area contributed by atoms with Crippen molar-refractivity contribution in [3.8, 4) is 0 Å². The maximum Gasteiger partial charge on any atom is 0.0791 e. The molecule has 0 amide bonds. The zero-order valence-corrected chi connectivity index (χ0v) is 11.3. The molecule has 17 heavy (non-hydrogen) atoms. The molecule has 0 fully saturated rings. The van der Waals surface area contributed by atoms with Gasteiger partial charge in [0.25, 0.3) is 0 Å². The Morgan fingerprint density at radius 3 is 2.59 bits per heavy atom. The molecule has 1 aromatic carbocycles. The Morgan fingerprint density at radius 2 is 2.00 bits per heavy atom. The molecule has 0 saturated carbocycles. The molecule has 1 unspecified atom stereocenters. The molecule has 2 N–H and O–H groups in total. The van der Waals surface area contributed by atoms with Gasteiger partial charge in [-0.25, -0.2) is 0 Å². The first-order valence-electron chi connectivity index (χ1n) is 6.08. The summed E-state index contributed by atoms with van der Waals surface area (Å²) >= 11 is 0. The van der Waals surface area contributed by atoms with E-state index in [1.165, 1.54) is 16.7 Å². The number of hydrogen-bond acceptors (Lipinski definition) is 3. The first-order chi connectivity index (χ1) is 7.99. The smallest absolute Gasteiger partial charge is 0.0791 e. The van der Waals surface area contributed by atoms with Gasteiger partial charge in [0.1, 0.15) is 0 Å². The minimum absolute atomic E-state index is 0.309. The summed E-state index contributed by atoms with van der Waals surface area (Å²) in [7, 11) is 3.93. The van der Waals surface area contributed by atoms with E-state index in [2.05, 4.69) is 37.4 Å². The van der Waals surface area contributed by atoms with Crippen LogP contribution in [-0.4, -0.2) is 43.3 Å². The predicted molar refractivity (Wildman–Crippen MR) is 72.2 cm³/mol. The largest absolute Gasteiger partial charge is 0.390 e. The third-order valence-electron chi connectivity index (χ3n) is 2.77. The quantitative estimate of drug-likeness (QED) is 0.782. The lowest BCUT2D eigenvalue weighted by atomic mass is 10.1. The van der Waals surface area contributed by atoms with Crippen LogP contribution in [-0.2, 0) is 6.54 Å². The molecule has 0 saturated heterocycles. The van der Waals surface area contributed by atoms with Crippen LogP contribution < -0.4 is 5.32 Å². The number of aliphatic hydroxyl groups excluding tert-OH is 1. The molecule has 0 heterocycles. The number of nitrogens with zero attached hydrogens (tertiary/aromatic N) is 1. The van der Waals surface area contributed by atoms with Crippen molar-refractivity contribution in [2.45, 2.75) is 26.5 Å². The monoisotopic (exact) mass is 236 g/mol. The van der Waals surface area contributed by atoms with E-state index in [1.807, 2.05) is 19.0 Å². The summed E-state index contributed by atoms with van der Waals surface area (Å²) < 4.78 is 0. The summed E-state index contributed by atoms with van der Waals surface area (Å²) in [6.07, 6.45) is -0.309. The summed E-state index contributed by atoms with van der Waals surface area (Å²) in [5.41, 5.74) is 3.89. The van der Waals surface area contributed by atoms with Crippen LogP contribution >= 0.6 is 0 Å². The Bertz CT molecular complexity index is 350. The van der Waals surface area contributed by atoms with Crippen molar-refractivity contribution in [1.82, 2.24) is 10.2 Å². The second-order valence-corrected chi connectivity index (χ2v) is 4.98. The number of likely N-dealkylation sites (N-methyl/N-ethyl adjacent to an activating group) is 1. The summed E-state index contributed by atoms with van der Waals surface area (Å²) in [6, 6.07) is 6.46. The molecule has 1 atom stereocenters. The third kappa shape index (κ3) is 5.31. The lowest BCUT2D eigenvalue weighted by Gasteiger charge is -2.17. The van der Waals surface area contributed by atoms with Gasteiger partial charge in [-0.1, -0.05) is 23.8 Å². The highest BCUT2D eigenvalue weighted by molar-refractivity contribution is 5.30. The van der Waals surface area contributed by atoms with Crippen molar-refractivity contribution in [3.05, 3.63) is 34.9 Å². The fourth-order valence-electron chi connectivity index (χ4n) is 1.90. The molecule has 0 aliphatic carbocycles. The molecular formula is C14H24N2O. The van der Waals surface area contributed by atoms with E-state index in [4.69, 9.17) is 0 Å². The van der Waals surface area contributed by atoms with Crippen LogP contribution in [0.5, 0.6) is 0 Å². The lowest BCUT2D eigenvalue weighted by molar-refractivity contribution is 0.134. The zero-order valence-electron chi connectivity index (χ0n) is 11.3. The SMILES string of the molecule is Cc1ccc(CNCC(O)CN(C)C)c(C)c1. The average Bonchev–Trinajstić information content (AvgIpc) is 2.20. The molecular weight excluding hydrogens is 212 g/mol. The maximum absolute atomic E-state index is 9.71. The molecule has 1 aromatic rings. The molecule has 1 rings (SSSR count). The highest BCUT2D eigenvalue weighted by Gasteiger charge is 2.05. The van der Waals surface area contributed by atoms with Gasteiger partial charge in [-0.05, 0) is 39.1 Å².